The molecule has 0 spiro atoms. The minimum atomic E-state index is -0.659. The standard InChI is InChI=1S/C22H19NO5S/c1-12(24)10-23-21(26)17-5-3-14(9-18(17)25)20-7-6-19(29-20)13-2-4-16-15(8-13)11-28-22(16)27/h2-9,12,24-25H,10-11H2,1H3,(H,23,26). The molecule has 0 saturated heterocycles. The van der Waals surface area contributed by atoms with Crippen LogP contribution in [0.1, 0.15) is 33.2 Å². The molecule has 1 aliphatic rings. The van der Waals surface area contributed by atoms with Crippen LogP contribution in [-0.2, 0) is 11.3 Å². The Hall–Kier alpha value is -3.16. The van der Waals surface area contributed by atoms with E-state index in [1.165, 1.54) is 0 Å². The number of carbonyl (C=O) groups excluding carboxylic acids is 2. The molecule has 6 nitrogen and oxygen atoms in total. The Morgan fingerprint density at radius 2 is 1.83 bits per heavy atom. The van der Waals surface area contributed by atoms with Crippen LogP contribution in [0.5, 0.6) is 5.75 Å². The number of rotatable bonds is 5. The van der Waals surface area contributed by atoms with Crippen LogP contribution in [0.4, 0.5) is 0 Å². The molecule has 1 aromatic heterocycles. The van der Waals surface area contributed by atoms with Crippen molar-refractivity contribution in [2.45, 2.75) is 19.6 Å². The number of cyclic esters (lactones) is 1. The summed E-state index contributed by atoms with van der Waals surface area (Å²) < 4.78 is 5.05. The molecule has 4 rings (SSSR count). The zero-order chi connectivity index (χ0) is 20.5. The number of fused-ring (bicyclic) bond motifs is 1. The molecular weight excluding hydrogens is 390 g/mol. The van der Waals surface area contributed by atoms with Crippen molar-refractivity contribution < 1.29 is 24.5 Å². The zero-order valence-electron chi connectivity index (χ0n) is 15.6. The SMILES string of the molecule is CC(O)CNC(=O)c1ccc(-c2ccc(-c3ccc4c(c3)COC4=O)s2)cc1O. The van der Waals surface area contributed by atoms with Crippen molar-refractivity contribution >= 4 is 23.2 Å². The minimum Gasteiger partial charge on any atom is -0.507 e. The molecule has 0 radical (unpaired) electrons. The lowest BCUT2D eigenvalue weighted by atomic mass is 10.1. The van der Waals surface area contributed by atoms with E-state index in [1.54, 1.807) is 42.5 Å². The van der Waals surface area contributed by atoms with Crippen LogP contribution < -0.4 is 5.32 Å². The van der Waals surface area contributed by atoms with Crippen LogP contribution in [0.3, 0.4) is 0 Å². The number of nitrogens with one attached hydrogen (secondary N) is 1. The summed E-state index contributed by atoms with van der Waals surface area (Å²) in [6, 6.07) is 14.5. The van der Waals surface area contributed by atoms with Gasteiger partial charge in [-0.25, -0.2) is 4.79 Å². The maximum absolute atomic E-state index is 12.1. The Morgan fingerprint density at radius 1 is 1.14 bits per heavy atom. The van der Waals surface area contributed by atoms with Gasteiger partial charge in [0.05, 0.1) is 17.2 Å². The topological polar surface area (TPSA) is 95.9 Å². The highest BCUT2D eigenvalue weighted by Gasteiger charge is 2.21. The van der Waals surface area contributed by atoms with E-state index in [2.05, 4.69) is 5.32 Å². The van der Waals surface area contributed by atoms with Crippen LogP contribution >= 0.6 is 11.3 Å². The monoisotopic (exact) mass is 409 g/mol. The average molecular weight is 409 g/mol. The van der Waals surface area contributed by atoms with Gasteiger partial charge in [0.2, 0.25) is 0 Å². The van der Waals surface area contributed by atoms with Gasteiger partial charge in [0.15, 0.2) is 0 Å². The van der Waals surface area contributed by atoms with Gasteiger partial charge in [0.1, 0.15) is 12.4 Å². The van der Waals surface area contributed by atoms with Crippen molar-refractivity contribution in [2.75, 3.05) is 6.54 Å². The van der Waals surface area contributed by atoms with E-state index in [1.807, 2.05) is 24.3 Å². The van der Waals surface area contributed by atoms with Gasteiger partial charge in [0.25, 0.3) is 5.91 Å². The number of phenolic OH excluding ortho intramolecular Hbond substituents is 1. The second-order valence-corrected chi connectivity index (χ2v) is 7.99. The molecular formula is C22H19NO5S. The van der Waals surface area contributed by atoms with Crippen LogP contribution in [0.2, 0.25) is 0 Å². The molecule has 0 aliphatic carbocycles. The summed E-state index contributed by atoms with van der Waals surface area (Å²) >= 11 is 1.55. The Balaban J connectivity index is 1.56. The minimum absolute atomic E-state index is 0.117. The molecule has 7 heteroatoms. The van der Waals surface area contributed by atoms with Crippen molar-refractivity contribution in [3.63, 3.8) is 0 Å². The number of carbonyl (C=O) groups is 2. The van der Waals surface area contributed by atoms with Gasteiger partial charge in [0, 0.05) is 21.9 Å². The van der Waals surface area contributed by atoms with E-state index in [9.17, 15) is 19.8 Å². The number of hydrogen-bond acceptors (Lipinski definition) is 6. The van der Waals surface area contributed by atoms with Crippen molar-refractivity contribution in [2.24, 2.45) is 0 Å². The lowest BCUT2D eigenvalue weighted by Gasteiger charge is -2.09. The molecule has 29 heavy (non-hydrogen) atoms. The second-order valence-electron chi connectivity index (χ2n) is 6.90. The Bertz CT molecular complexity index is 1100. The average Bonchev–Trinajstić information content (AvgIpc) is 3.33. The largest absolute Gasteiger partial charge is 0.507 e. The van der Waals surface area contributed by atoms with Crippen LogP contribution in [-0.4, -0.2) is 34.7 Å². The predicted octanol–water partition coefficient (Wildman–Crippen LogP) is 3.57. The number of esters is 1. The summed E-state index contributed by atoms with van der Waals surface area (Å²) in [7, 11) is 0. The summed E-state index contributed by atoms with van der Waals surface area (Å²) in [6.07, 6.45) is -0.659. The zero-order valence-corrected chi connectivity index (χ0v) is 16.5. The van der Waals surface area contributed by atoms with Gasteiger partial charge < -0.3 is 20.3 Å². The van der Waals surface area contributed by atoms with Crippen molar-refractivity contribution in [1.82, 2.24) is 5.32 Å². The number of phenols is 1. The van der Waals surface area contributed by atoms with Gasteiger partial charge in [-0.05, 0) is 54.4 Å². The molecule has 148 valence electrons. The lowest BCUT2D eigenvalue weighted by Crippen LogP contribution is -2.30. The molecule has 0 fully saturated rings. The van der Waals surface area contributed by atoms with E-state index in [-0.39, 0.29) is 23.8 Å². The van der Waals surface area contributed by atoms with Crippen molar-refractivity contribution in [3.8, 4) is 26.6 Å². The van der Waals surface area contributed by atoms with E-state index < -0.39 is 12.0 Å². The van der Waals surface area contributed by atoms with Gasteiger partial charge in [-0.3, -0.25) is 4.79 Å². The van der Waals surface area contributed by atoms with Crippen LogP contribution in [0.15, 0.2) is 48.5 Å². The summed E-state index contributed by atoms with van der Waals surface area (Å²) in [6.45, 7) is 1.99. The number of ether oxygens (including phenoxy) is 1. The number of thiophene rings is 1. The molecule has 0 bridgehead atoms. The lowest BCUT2D eigenvalue weighted by molar-refractivity contribution is 0.0535. The van der Waals surface area contributed by atoms with Crippen LogP contribution in [0, 0.1) is 0 Å². The number of hydrogen-bond donors (Lipinski definition) is 3. The van der Waals surface area contributed by atoms with E-state index in [0.29, 0.717) is 12.2 Å². The number of aliphatic hydroxyl groups is 1. The fraction of sp³-hybridized carbons (Fsp3) is 0.182. The van der Waals surface area contributed by atoms with E-state index in [4.69, 9.17) is 4.74 Å². The Labute approximate surface area is 171 Å². The highest BCUT2D eigenvalue weighted by Crippen LogP contribution is 2.37. The maximum atomic E-state index is 12.1. The predicted molar refractivity (Wildman–Crippen MR) is 110 cm³/mol. The van der Waals surface area contributed by atoms with Crippen LogP contribution in [0.25, 0.3) is 20.9 Å². The third-order valence-electron chi connectivity index (χ3n) is 4.66. The number of benzene rings is 2. The fourth-order valence-corrected chi connectivity index (χ4v) is 4.15. The summed E-state index contributed by atoms with van der Waals surface area (Å²) in [5.41, 5.74) is 3.45. The summed E-state index contributed by atoms with van der Waals surface area (Å²) in [5.74, 6) is -0.836. The smallest absolute Gasteiger partial charge is 0.338 e. The molecule has 0 saturated carbocycles. The Morgan fingerprint density at radius 3 is 2.52 bits per heavy atom. The maximum Gasteiger partial charge on any atom is 0.338 e. The second kappa shape index (κ2) is 7.69. The highest BCUT2D eigenvalue weighted by molar-refractivity contribution is 7.18. The van der Waals surface area contributed by atoms with Gasteiger partial charge in [-0.2, -0.15) is 0 Å². The third kappa shape index (κ3) is 3.87. The molecule has 1 unspecified atom stereocenters. The molecule has 3 aromatic rings. The van der Waals surface area contributed by atoms with Crippen molar-refractivity contribution in [3.05, 3.63) is 65.2 Å². The van der Waals surface area contributed by atoms with Crippen molar-refractivity contribution in [1.29, 1.82) is 0 Å². The molecule has 2 aromatic carbocycles. The van der Waals surface area contributed by atoms with Gasteiger partial charge >= 0.3 is 5.97 Å². The summed E-state index contributed by atoms with van der Waals surface area (Å²) in [4.78, 5) is 25.7. The fourth-order valence-electron chi connectivity index (χ4n) is 3.15. The molecule has 1 atom stereocenters. The van der Waals surface area contributed by atoms with Gasteiger partial charge in [-0.15, -0.1) is 11.3 Å². The Kier molecular flexibility index (Phi) is 5.08. The first-order chi connectivity index (χ1) is 13.9. The molecule has 3 N–H and O–H groups in total. The first kappa shape index (κ1) is 19.2. The first-order valence-corrected chi connectivity index (χ1v) is 9.94. The quantitative estimate of drug-likeness (QED) is 0.560. The number of aromatic hydroxyl groups is 1. The number of amides is 1. The summed E-state index contributed by atoms with van der Waals surface area (Å²) in [5, 5.41) is 22.1. The molecule has 1 aliphatic heterocycles. The first-order valence-electron chi connectivity index (χ1n) is 9.12. The normalized spacial score (nSPS) is 13.7. The highest BCUT2D eigenvalue weighted by atomic mass is 32.1. The van der Waals surface area contributed by atoms with E-state index >= 15 is 0 Å². The van der Waals surface area contributed by atoms with Gasteiger partial charge in [-0.1, -0.05) is 12.1 Å². The third-order valence-corrected chi connectivity index (χ3v) is 5.84. The molecule has 1 amide bonds. The number of aliphatic hydroxyl groups excluding tert-OH is 1. The molecule has 2 heterocycles. The van der Waals surface area contributed by atoms with E-state index in [0.717, 1.165) is 26.4 Å².